The molecular weight excluding hydrogens is 546 g/mol. The second-order valence-corrected chi connectivity index (χ2v) is 11.5. The molecule has 6 aromatic carbocycles. The van der Waals surface area contributed by atoms with Crippen molar-refractivity contribution >= 4 is 49.6 Å². The fraction of sp³-hybridized carbons (Fsp3) is 0.0714. The van der Waals surface area contributed by atoms with Crippen molar-refractivity contribution in [1.29, 1.82) is 0 Å². The smallest absolute Gasteiger partial charge is 0.160 e. The molecule has 0 fully saturated rings. The van der Waals surface area contributed by atoms with Crippen LogP contribution in [0.15, 0.2) is 161 Å². The van der Waals surface area contributed by atoms with Gasteiger partial charge in [0.1, 0.15) is 0 Å². The molecule has 0 saturated carbocycles. The van der Waals surface area contributed by atoms with Gasteiger partial charge in [-0.15, -0.1) is 0 Å². The van der Waals surface area contributed by atoms with Gasteiger partial charge in [0, 0.05) is 35.3 Å². The van der Waals surface area contributed by atoms with E-state index in [2.05, 4.69) is 139 Å². The molecule has 1 aliphatic rings. The van der Waals surface area contributed by atoms with Crippen molar-refractivity contribution in [3.05, 3.63) is 168 Å². The van der Waals surface area contributed by atoms with Gasteiger partial charge >= 0.3 is 0 Å². The molecule has 0 radical (unpaired) electrons. The van der Waals surface area contributed by atoms with Crippen molar-refractivity contribution in [2.75, 3.05) is 0 Å². The predicted molar refractivity (Wildman–Crippen MR) is 190 cm³/mol. The fourth-order valence-electron chi connectivity index (χ4n) is 6.64. The molecule has 1 aromatic heterocycles. The molecular formula is C42H31N3. The highest BCUT2D eigenvalue weighted by Crippen LogP contribution is 2.43. The molecule has 3 nitrogen and oxygen atoms in total. The molecule has 0 aliphatic carbocycles. The quantitative estimate of drug-likeness (QED) is 0.188. The SMILES string of the molecule is CCC1=C(c2ccccc2-c2cc3cnccc3c3ccc4ccccc4c23)N=C(c2ccccc2)N=C(c2ccccc2)C1. The summed E-state index contributed by atoms with van der Waals surface area (Å²) in [5.41, 5.74) is 8.90. The van der Waals surface area contributed by atoms with Crippen molar-refractivity contribution in [3.63, 3.8) is 0 Å². The number of fused-ring (bicyclic) bond motifs is 5. The number of benzene rings is 6. The summed E-state index contributed by atoms with van der Waals surface area (Å²) < 4.78 is 0. The first kappa shape index (κ1) is 26.9. The van der Waals surface area contributed by atoms with Crippen LogP contribution in [0.4, 0.5) is 0 Å². The lowest BCUT2D eigenvalue weighted by Gasteiger charge is -2.18. The molecule has 1 aliphatic heterocycles. The van der Waals surface area contributed by atoms with Crippen LogP contribution in [0.3, 0.4) is 0 Å². The lowest BCUT2D eigenvalue weighted by Crippen LogP contribution is -2.06. The van der Waals surface area contributed by atoms with Gasteiger partial charge in [-0.1, -0.05) is 128 Å². The Labute approximate surface area is 263 Å². The minimum absolute atomic E-state index is 0.731. The minimum atomic E-state index is 0.731. The minimum Gasteiger partial charge on any atom is -0.264 e. The van der Waals surface area contributed by atoms with Crippen LogP contribution >= 0.6 is 0 Å². The van der Waals surface area contributed by atoms with Gasteiger partial charge in [-0.25, -0.2) is 9.98 Å². The van der Waals surface area contributed by atoms with Crippen molar-refractivity contribution in [2.45, 2.75) is 19.8 Å². The zero-order valence-corrected chi connectivity index (χ0v) is 25.1. The Bertz CT molecular complexity index is 2310. The lowest BCUT2D eigenvalue weighted by atomic mass is 9.87. The topological polar surface area (TPSA) is 37.6 Å². The van der Waals surface area contributed by atoms with Gasteiger partial charge in [-0.2, -0.15) is 0 Å². The number of pyridine rings is 1. The van der Waals surface area contributed by atoms with Gasteiger partial charge < -0.3 is 0 Å². The highest BCUT2D eigenvalue weighted by Gasteiger charge is 2.22. The van der Waals surface area contributed by atoms with Crippen LogP contribution in [0.2, 0.25) is 0 Å². The third-order valence-electron chi connectivity index (χ3n) is 8.85. The average Bonchev–Trinajstić information content (AvgIpc) is 3.32. The highest BCUT2D eigenvalue weighted by atomic mass is 14.9. The van der Waals surface area contributed by atoms with Gasteiger partial charge in [-0.3, -0.25) is 4.98 Å². The highest BCUT2D eigenvalue weighted by molar-refractivity contribution is 6.23. The van der Waals surface area contributed by atoms with Crippen LogP contribution in [0.25, 0.3) is 49.1 Å². The predicted octanol–water partition coefficient (Wildman–Crippen LogP) is 10.7. The number of aliphatic imine (C=N–C) groups is 2. The summed E-state index contributed by atoms with van der Waals surface area (Å²) in [6, 6.07) is 47.2. The molecule has 8 rings (SSSR count). The first-order chi connectivity index (χ1) is 22.3. The molecule has 0 bridgehead atoms. The molecule has 45 heavy (non-hydrogen) atoms. The number of rotatable bonds is 5. The second-order valence-electron chi connectivity index (χ2n) is 11.5. The van der Waals surface area contributed by atoms with Crippen LogP contribution in [0.5, 0.6) is 0 Å². The van der Waals surface area contributed by atoms with Gasteiger partial charge in [0.05, 0.1) is 11.4 Å². The third kappa shape index (κ3) is 4.83. The van der Waals surface area contributed by atoms with E-state index in [0.717, 1.165) is 57.7 Å². The first-order valence-corrected chi connectivity index (χ1v) is 15.6. The summed E-state index contributed by atoms with van der Waals surface area (Å²) in [5, 5.41) is 7.28. The van der Waals surface area contributed by atoms with E-state index in [1.165, 1.54) is 38.1 Å². The Morgan fingerprint density at radius 1 is 0.556 bits per heavy atom. The van der Waals surface area contributed by atoms with E-state index in [9.17, 15) is 0 Å². The Balaban J connectivity index is 1.43. The van der Waals surface area contributed by atoms with E-state index >= 15 is 0 Å². The molecule has 2 heterocycles. The summed E-state index contributed by atoms with van der Waals surface area (Å²) >= 11 is 0. The first-order valence-electron chi connectivity index (χ1n) is 15.6. The Hall–Kier alpha value is -5.67. The third-order valence-corrected chi connectivity index (χ3v) is 8.85. The van der Waals surface area contributed by atoms with Crippen molar-refractivity contribution in [2.24, 2.45) is 9.98 Å². The van der Waals surface area contributed by atoms with Crippen LogP contribution in [-0.4, -0.2) is 16.5 Å². The van der Waals surface area contributed by atoms with Crippen LogP contribution in [-0.2, 0) is 0 Å². The second kappa shape index (κ2) is 11.4. The van der Waals surface area contributed by atoms with E-state index in [4.69, 9.17) is 9.98 Å². The fourth-order valence-corrected chi connectivity index (χ4v) is 6.64. The number of hydrogen-bond donors (Lipinski definition) is 0. The van der Waals surface area contributed by atoms with Gasteiger partial charge in [-0.05, 0) is 67.7 Å². The van der Waals surface area contributed by atoms with Gasteiger partial charge in [0.2, 0.25) is 0 Å². The largest absolute Gasteiger partial charge is 0.264 e. The Morgan fingerprint density at radius 3 is 2.07 bits per heavy atom. The molecule has 3 heteroatoms. The number of hydrogen-bond acceptors (Lipinski definition) is 3. The monoisotopic (exact) mass is 577 g/mol. The molecule has 0 atom stereocenters. The number of allylic oxidation sites excluding steroid dienone is 1. The summed E-state index contributed by atoms with van der Waals surface area (Å²) in [5.74, 6) is 0.737. The molecule has 0 unspecified atom stereocenters. The molecule has 0 saturated heterocycles. The van der Waals surface area contributed by atoms with Crippen molar-refractivity contribution in [1.82, 2.24) is 4.98 Å². The summed E-state index contributed by atoms with van der Waals surface area (Å²) in [6.45, 7) is 2.23. The van der Waals surface area contributed by atoms with Crippen molar-refractivity contribution in [3.8, 4) is 11.1 Å². The van der Waals surface area contributed by atoms with E-state index in [-0.39, 0.29) is 0 Å². The number of nitrogens with zero attached hydrogens (tertiary/aromatic N) is 3. The van der Waals surface area contributed by atoms with E-state index in [0.29, 0.717) is 0 Å². The molecule has 214 valence electrons. The maximum atomic E-state index is 5.43. The van der Waals surface area contributed by atoms with E-state index in [1.807, 2.05) is 18.5 Å². The molecule has 0 N–H and O–H groups in total. The molecule has 7 aromatic rings. The van der Waals surface area contributed by atoms with Crippen LogP contribution in [0.1, 0.15) is 36.5 Å². The Kier molecular flexibility index (Phi) is 6.84. The average molecular weight is 578 g/mol. The lowest BCUT2D eigenvalue weighted by molar-refractivity contribution is 1.05. The Morgan fingerprint density at radius 2 is 1.27 bits per heavy atom. The van der Waals surface area contributed by atoms with Crippen molar-refractivity contribution < 1.29 is 0 Å². The zero-order chi connectivity index (χ0) is 30.2. The summed E-state index contributed by atoms with van der Waals surface area (Å²) in [6.07, 6.45) is 5.46. The number of aromatic nitrogens is 1. The van der Waals surface area contributed by atoms with E-state index < -0.39 is 0 Å². The maximum absolute atomic E-state index is 5.43. The van der Waals surface area contributed by atoms with Gasteiger partial charge in [0.15, 0.2) is 5.84 Å². The van der Waals surface area contributed by atoms with Crippen LogP contribution < -0.4 is 0 Å². The molecule has 0 spiro atoms. The van der Waals surface area contributed by atoms with Crippen LogP contribution in [0, 0.1) is 0 Å². The summed E-state index contributed by atoms with van der Waals surface area (Å²) in [4.78, 5) is 15.2. The van der Waals surface area contributed by atoms with E-state index in [1.54, 1.807) is 0 Å². The molecule has 0 amide bonds. The normalized spacial score (nSPS) is 13.6. The number of amidine groups is 1. The maximum Gasteiger partial charge on any atom is 0.160 e. The summed E-state index contributed by atoms with van der Waals surface area (Å²) in [7, 11) is 0. The zero-order valence-electron chi connectivity index (χ0n) is 25.1. The van der Waals surface area contributed by atoms with Gasteiger partial charge in [0.25, 0.3) is 0 Å². The standard InChI is InChI=1S/C42H31N3/c1-2-28-26-39(30-14-5-3-6-15-30)44-42(31-16-7-4-8-17-31)45-41(28)37-20-12-11-19-35(37)38-25-32-27-43-24-23-33(32)36-22-21-29-13-9-10-18-34(29)40(36)38/h3-25,27H,2,26H2,1H3.